The van der Waals surface area contributed by atoms with Gasteiger partial charge in [-0.1, -0.05) is 12.1 Å². The first-order valence-electron chi connectivity index (χ1n) is 8.33. The van der Waals surface area contributed by atoms with Crippen molar-refractivity contribution < 1.29 is 4.39 Å². The molecule has 1 heterocycles. The highest BCUT2D eigenvalue weighted by atomic mass is 19.1. The molecule has 0 aliphatic heterocycles. The van der Waals surface area contributed by atoms with Gasteiger partial charge in [-0.15, -0.1) is 0 Å². The molecule has 0 bridgehead atoms. The lowest BCUT2D eigenvalue weighted by atomic mass is 10.1. The highest BCUT2D eigenvalue weighted by molar-refractivity contribution is 5.79. The van der Waals surface area contributed by atoms with Crippen LogP contribution in [0.15, 0.2) is 35.6 Å². The highest BCUT2D eigenvalue weighted by Gasteiger charge is 2.01. The molecule has 1 aromatic carbocycles. The number of guanidine groups is 1. The average Bonchev–Trinajstić information content (AvgIpc) is 2.97. The van der Waals surface area contributed by atoms with Crippen molar-refractivity contribution in [3.8, 4) is 0 Å². The predicted octanol–water partition coefficient (Wildman–Crippen LogP) is 2.56. The quantitative estimate of drug-likeness (QED) is 0.466. The summed E-state index contributed by atoms with van der Waals surface area (Å²) in [5.41, 5.74) is 2.89. The Morgan fingerprint density at radius 2 is 2.12 bits per heavy atom. The van der Waals surface area contributed by atoms with Gasteiger partial charge in [-0.3, -0.25) is 4.68 Å². The van der Waals surface area contributed by atoms with E-state index in [4.69, 9.17) is 0 Å². The first kappa shape index (κ1) is 18.0. The smallest absolute Gasteiger partial charge is 0.191 e. The van der Waals surface area contributed by atoms with Crippen molar-refractivity contribution in [2.24, 2.45) is 12.0 Å². The zero-order valence-electron chi connectivity index (χ0n) is 14.6. The van der Waals surface area contributed by atoms with Gasteiger partial charge in [0.05, 0.1) is 12.7 Å². The van der Waals surface area contributed by atoms with E-state index in [-0.39, 0.29) is 5.82 Å². The van der Waals surface area contributed by atoms with Gasteiger partial charge in [0.2, 0.25) is 0 Å². The Kier molecular flexibility index (Phi) is 6.78. The topological polar surface area (TPSA) is 54.2 Å². The number of nitrogens with zero attached hydrogens (tertiary/aromatic N) is 3. The van der Waals surface area contributed by atoms with Crippen LogP contribution in [0.4, 0.5) is 4.39 Å². The van der Waals surface area contributed by atoms with Gasteiger partial charge in [0.1, 0.15) is 5.82 Å². The molecule has 6 heteroatoms. The van der Waals surface area contributed by atoms with Crippen molar-refractivity contribution >= 4 is 5.96 Å². The molecule has 24 heavy (non-hydrogen) atoms. The summed E-state index contributed by atoms with van der Waals surface area (Å²) in [7, 11) is 1.93. The molecule has 0 saturated heterocycles. The van der Waals surface area contributed by atoms with E-state index in [2.05, 4.69) is 20.7 Å². The minimum Gasteiger partial charge on any atom is -0.357 e. The summed E-state index contributed by atoms with van der Waals surface area (Å²) in [6.07, 6.45) is 5.93. The van der Waals surface area contributed by atoms with Gasteiger partial charge in [0.15, 0.2) is 5.96 Å². The fourth-order valence-corrected chi connectivity index (χ4v) is 2.42. The Hall–Kier alpha value is -2.37. The van der Waals surface area contributed by atoms with Crippen LogP contribution in [0, 0.1) is 12.7 Å². The molecule has 2 rings (SSSR count). The summed E-state index contributed by atoms with van der Waals surface area (Å²) >= 11 is 0. The van der Waals surface area contributed by atoms with E-state index in [0.717, 1.165) is 37.5 Å². The molecule has 0 unspecified atom stereocenters. The van der Waals surface area contributed by atoms with Gasteiger partial charge < -0.3 is 10.6 Å². The SMILES string of the molecule is CCNC(=NCc1ccc(F)c(C)c1)NCCCc1cnn(C)c1. The molecular formula is C18H26FN5. The second-order valence-electron chi connectivity index (χ2n) is 5.83. The largest absolute Gasteiger partial charge is 0.357 e. The van der Waals surface area contributed by atoms with Crippen LogP contribution >= 0.6 is 0 Å². The number of hydrogen-bond acceptors (Lipinski definition) is 2. The van der Waals surface area contributed by atoms with E-state index >= 15 is 0 Å². The fourth-order valence-electron chi connectivity index (χ4n) is 2.42. The molecule has 2 N–H and O–H groups in total. The maximum Gasteiger partial charge on any atom is 0.191 e. The van der Waals surface area contributed by atoms with Gasteiger partial charge in [0.25, 0.3) is 0 Å². The summed E-state index contributed by atoms with van der Waals surface area (Å²) in [4.78, 5) is 4.56. The van der Waals surface area contributed by atoms with Crippen molar-refractivity contribution in [2.75, 3.05) is 13.1 Å². The van der Waals surface area contributed by atoms with Crippen LogP contribution in [0.5, 0.6) is 0 Å². The summed E-state index contributed by atoms with van der Waals surface area (Å²) in [6.45, 7) is 5.97. The van der Waals surface area contributed by atoms with E-state index < -0.39 is 0 Å². The highest BCUT2D eigenvalue weighted by Crippen LogP contribution is 2.10. The van der Waals surface area contributed by atoms with E-state index in [1.807, 2.05) is 37.1 Å². The Morgan fingerprint density at radius 3 is 2.79 bits per heavy atom. The van der Waals surface area contributed by atoms with Crippen LogP contribution in [0.3, 0.4) is 0 Å². The second-order valence-corrected chi connectivity index (χ2v) is 5.83. The van der Waals surface area contributed by atoms with Gasteiger partial charge in [-0.05, 0) is 49.4 Å². The molecular weight excluding hydrogens is 305 g/mol. The van der Waals surface area contributed by atoms with E-state index in [9.17, 15) is 4.39 Å². The molecule has 0 amide bonds. The lowest BCUT2D eigenvalue weighted by Crippen LogP contribution is -2.37. The minimum atomic E-state index is -0.178. The number of halogens is 1. The lowest BCUT2D eigenvalue weighted by Gasteiger charge is -2.11. The lowest BCUT2D eigenvalue weighted by molar-refractivity contribution is 0.617. The number of nitrogens with one attached hydrogen (secondary N) is 2. The molecule has 0 saturated carbocycles. The van der Waals surface area contributed by atoms with Crippen LogP contribution in [-0.2, 0) is 20.0 Å². The molecule has 130 valence electrons. The first-order chi connectivity index (χ1) is 11.6. The molecule has 5 nitrogen and oxygen atoms in total. The van der Waals surface area contributed by atoms with E-state index in [0.29, 0.717) is 12.1 Å². The Balaban J connectivity index is 1.82. The van der Waals surface area contributed by atoms with Gasteiger partial charge in [0, 0.05) is 26.3 Å². The zero-order valence-corrected chi connectivity index (χ0v) is 14.6. The third kappa shape index (κ3) is 5.68. The van der Waals surface area contributed by atoms with Crippen LogP contribution in [0.1, 0.15) is 30.0 Å². The van der Waals surface area contributed by atoms with Crippen LogP contribution in [-0.4, -0.2) is 28.8 Å². The maximum atomic E-state index is 13.3. The molecule has 0 aliphatic carbocycles. The van der Waals surface area contributed by atoms with Crippen LogP contribution in [0.2, 0.25) is 0 Å². The van der Waals surface area contributed by atoms with E-state index in [1.165, 1.54) is 11.6 Å². The molecule has 0 fully saturated rings. The summed E-state index contributed by atoms with van der Waals surface area (Å²) < 4.78 is 15.1. The monoisotopic (exact) mass is 331 g/mol. The van der Waals surface area contributed by atoms with Crippen molar-refractivity contribution in [1.29, 1.82) is 0 Å². The molecule has 0 radical (unpaired) electrons. The maximum absolute atomic E-state index is 13.3. The minimum absolute atomic E-state index is 0.178. The third-order valence-corrected chi connectivity index (χ3v) is 3.68. The predicted molar refractivity (Wildman–Crippen MR) is 95.5 cm³/mol. The summed E-state index contributed by atoms with van der Waals surface area (Å²) in [5, 5.41) is 10.7. The molecule has 0 aliphatic rings. The van der Waals surface area contributed by atoms with Gasteiger partial charge >= 0.3 is 0 Å². The number of aliphatic imine (C=N–C) groups is 1. The van der Waals surface area contributed by atoms with Crippen LogP contribution < -0.4 is 10.6 Å². The third-order valence-electron chi connectivity index (χ3n) is 3.68. The van der Waals surface area contributed by atoms with Gasteiger partial charge in [-0.25, -0.2) is 9.38 Å². The number of hydrogen-bond donors (Lipinski definition) is 2. The Labute approximate surface area is 143 Å². The van der Waals surface area contributed by atoms with E-state index in [1.54, 1.807) is 13.0 Å². The van der Waals surface area contributed by atoms with Crippen molar-refractivity contribution in [3.05, 3.63) is 53.1 Å². The molecule has 0 spiro atoms. The number of aryl methyl sites for hydroxylation is 3. The van der Waals surface area contributed by atoms with Crippen molar-refractivity contribution in [2.45, 2.75) is 33.2 Å². The van der Waals surface area contributed by atoms with Crippen molar-refractivity contribution in [3.63, 3.8) is 0 Å². The van der Waals surface area contributed by atoms with Crippen LogP contribution in [0.25, 0.3) is 0 Å². The Morgan fingerprint density at radius 1 is 1.29 bits per heavy atom. The van der Waals surface area contributed by atoms with Gasteiger partial charge in [-0.2, -0.15) is 5.10 Å². The number of benzene rings is 1. The Bertz CT molecular complexity index is 678. The molecule has 0 atom stereocenters. The number of rotatable bonds is 7. The first-order valence-corrected chi connectivity index (χ1v) is 8.33. The summed E-state index contributed by atoms with van der Waals surface area (Å²) in [5.74, 6) is 0.605. The summed E-state index contributed by atoms with van der Waals surface area (Å²) in [6, 6.07) is 5.11. The van der Waals surface area contributed by atoms with Crippen molar-refractivity contribution in [1.82, 2.24) is 20.4 Å². The zero-order chi connectivity index (χ0) is 17.4. The fraction of sp³-hybridized carbons (Fsp3) is 0.444. The second kappa shape index (κ2) is 9.05. The molecule has 2 aromatic rings. The normalized spacial score (nSPS) is 11.6. The standard InChI is InChI=1S/C18H26FN5/c1-4-20-18(21-9-5-6-16-12-23-24(3)13-16)22-11-15-7-8-17(19)14(2)10-15/h7-8,10,12-13H,4-6,9,11H2,1-3H3,(H2,20,21,22). The average molecular weight is 331 g/mol. The molecule has 1 aromatic heterocycles. The number of aromatic nitrogens is 2.